The van der Waals surface area contributed by atoms with Gasteiger partial charge in [0.2, 0.25) is 0 Å². The molecule has 1 amide bonds. The van der Waals surface area contributed by atoms with Crippen LogP contribution in [0.2, 0.25) is 0 Å². The van der Waals surface area contributed by atoms with E-state index in [2.05, 4.69) is 5.32 Å². The van der Waals surface area contributed by atoms with Crippen LogP contribution in [0.4, 0.5) is 10.7 Å². The minimum absolute atomic E-state index is 0.0537. The first-order valence-corrected chi connectivity index (χ1v) is 11.5. The van der Waals surface area contributed by atoms with Crippen molar-refractivity contribution in [2.45, 2.75) is 13.5 Å². The van der Waals surface area contributed by atoms with Gasteiger partial charge in [0.05, 0.1) is 24.2 Å². The number of nitriles is 1. The van der Waals surface area contributed by atoms with E-state index < -0.39 is 16.8 Å². The maximum absolute atomic E-state index is 12.7. The third kappa shape index (κ3) is 6.25. The Kier molecular flexibility index (Phi) is 8.74. The average molecular weight is 508 g/mol. The number of nitrogens with zero attached hydrogens (tertiary/aromatic N) is 2. The maximum atomic E-state index is 12.7. The highest BCUT2D eigenvalue weighted by Gasteiger charge is 2.19. The molecule has 1 aromatic heterocycles. The summed E-state index contributed by atoms with van der Waals surface area (Å²) in [6.45, 7) is 1.81. The lowest BCUT2D eigenvalue weighted by Gasteiger charge is -2.11. The van der Waals surface area contributed by atoms with Crippen LogP contribution >= 0.6 is 11.3 Å². The summed E-state index contributed by atoms with van der Waals surface area (Å²) in [6, 6.07) is 14.3. The molecule has 10 nitrogen and oxygen atoms in total. The number of anilines is 1. The second kappa shape index (κ2) is 12.1. The summed E-state index contributed by atoms with van der Waals surface area (Å²) in [7, 11) is 1.47. The average Bonchev–Trinajstić information content (AvgIpc) is 3.34. The van der Waals surface area contributed by atoms with Crippen LogP contribution in [0.5, 0.6) is 11.5 Å². The summed E-state index contributed by atoms with van der Waals surface area (Å²) in [4.78, 5) is 35.5. The van der Waals surface area contributed by atoms with E-state index in [1.165, 1.54) is 37.5 Å². The summed E-state index contributed by atoms with van der Waals surface area (Å²) >= 11 is 1.13. The van der Waals surface area contributed by atoms with Gasteiger partial charge < -0.3 is 19.5 Å². The molecular formula is C25H21N3O7S. The zero-order valence-corrected chi connectivity index (χ0v) is 20.2. The first-order valence-electron chi connectivity index (χ1n) is 10.6. The van der Waals surface area contributed by atoms with Crippen molar-refractivity contribution in [3.8, 4) is 17.6 Å². The Hall–Kier alpha value is -4.69. The highest BCUT2D eigenvalue weighted by Crippen LogP contribution is 2.29. The zero-order valence-electron chi connectivity index (χ0n) is 19.3. The Morgan fingerprint density at radius 2 is 1.97 bits per heavy atom. The molecule has 0 spiro atoms. The lowest BCUT2D eigenvalue weighted by molar-refractivity contribution is -0.385. The number of ether oxygens (including phenoxy) is 3. The highest BCUT2D eigenvalue weighted by molar-refractivity contribution is 7.14. The smallest absolute Gasteiger partial charge is 0.341 e. The van der Waals surface area contributed by atoms with Crippen molar-refractivity contribution in [1.29, 1.82) is 5.26 Å². The molecule has 184 valence electrons. The third-order valence-electron chi connectivity index (χ3n) is 4.81. The number of para-hydroxylation sites is 2. The fraction of sp³-hybridized carbons (Fsp3) is 0.160. The number of nitrogens with one attached hydrogen (secondary N) is 1. The van der Waals surface area contributed by atoms with Crippen molar-refractivity contribution in [2.24, 2.45) is 0 Å². The number of hydrogen-bond acceptors (Lipinski definition) is 9. The van der Waals surface area contributed by atoms with Crippen LogP contribution in [0.25, 0.3) is 6.08 Å². The van der Waals surface area contributed by atoms with Crippen LogP contribution in [0.1, 0.15) is 28.4 Å². The summed E-state index contributed by atoms with van der Waals surface area (Å²) in [5.74, 6) is -0.712. The number of nitro groups is 1. The molecule has 36 heavy (non-hydrogen) atoms. The molecular weight excluding hydrogens is 486 g/mol. The molecule has 11 heteroatoms. The number of benzene rings is 2. The molecule has 2 aromatic carbocycles. The number of esters is 1. The van der Waals surface area contributed by atoms with E-state index in [1.54, 1.807) is 36.6 Å². The number of amides is 1. The first-order chi connectivity index (χ1) is 17.4. The summed E-state index contributed by atoms with van der Waals surface area (Å²) in [5.41, 5.74) is 0.873. The van der Waals surface area contributed by atoms with Crippen molar-refractivity contribution in [3.63, 3.8) is 0 Å². The van der Waals surface area contributed by atoms with Gasteiger partial charge in [0.1, 0.15) is 29.0 Å². The Labute approximate surface area is 210 Å². The molecule has 0 radical (unpaired) electrons. The predicted molar refractivity (Wildman–Crippen MR) is 133 cm³/mol. The zero-order chi connectivity index (χ0) is 26.1. The predicted octanol–water partition coefficient (Wildman–Crippen LogP) is 4.97. The fourth-order valence-corrected chi connectivity index (χ4v) is 3.92. The van der Waals surface area contributed by atoms with Crippen molar-refractivity contribution in [1.82, 2.24) is 0 Å². The van der Waals surface area contributed by atoms with Crippen molar-refractivity contribution >= 4 is 40.0 Å². The molecule has 1 heterocycles. The minimum atomic E-state index is -0.695. The van der Waals surface area contributed by atoms with E-state index >= 15 is 0 Å². The molecule has 0 saturated carbocycles. The number of nitro benzene ring substituents is 1. The molecule has 0 atom stereocenters. The van der Waals surface area contributed by atoms with Gasteiger partial charge in [-0.05, 0) is 48.2 Å². The van der Waals surface area contributed by atoms with Gasteiger partial charge in [-0.2, -0.15) is 5.26 Å². The van der Waals surface area contributed by atoms with Gasteiger partial charge in [-0.25, -0.2) is 4.79 Å². The van der Waals surface area contributed by atoms with Gasteiger partial charge in [-0.3, -0.25) is 14.9 Å². The standard InChI is InChI=1S/C25H21N3O7S/c1-3-34-25(30)19-10-11-36-24(19)27-23(29)17(14-26)12-16-8-9-21(33-2)18(13-16)15-35-22-7-5-4-6-20(22)28(31)32/h4-13H,3,15H2,1-2H3,(H,27,29). The number of carbonyl (C=O) groups excluding carboxylic acids is 2. The van der Waals surface area contributed by atoms with Gasteiger partial charge in [-0.1, -0.05) is 18.2 Å². The molecule has 0 fully saturated rings. The van der Waals surface area contributed by atoms with E-state index in [1.807, 2.05) is 6.07 Å². The summed E-state index contributed by atoms with van der Waals surface area (Å²) in [6.07, 6.45) is 1.38. The van der Waals surface area contributed by atoms with E-state index in [9.17, 15) is 25.0 Å². The number of carbonyl (C=O) groups is 2. The number of hydrogen-bond donors (Lipinski definition) is 1. The van der Waals surface area contributed by atoms with Crippen LogP contribution in [0.15, 0.2) is 59.5 Å². The molecule has 0 saturated heterocycles. The Bertz CT molecular complexity index is 1360. The SMILES string of the molecule is CCOC(=O)c1ccsc1NC(=O)C(C#N)=Cc1ccc(OC)c(COc2ccccc2[N+](=O)[O-])c1. The van der Waals surface area contributed by atoms with Crippen molar-refractivity contribution in [3.05, 3.63) is 86.3 Å². The summed E-state index contributed by atoms with van der Waals surface area (Å²) < 4.78 is 16.0. The molecule has 0 aliphatic carbocycles. The second-order valence-electron chi connectivity index (χ2n) is 7.09. The largest absolute Gasteiger partial charge is 0.496 e. The van der Waals surface area contributed by atoms with E-state index in [4.69, 9.17) is 14.2 Å². The molecule has 0 aliphatic rings. The molecule has 3 aromatic rings. The minimum Gasteiger partial charge on any atom is -0.496 e. The Morgan fingerprint density at radius 3 is 2.67 bits per heavy atom. The van der Waals surface area contributed by atoms with Gasteiger partial charge >= 0.3 is 11.7 Å². The molecule has 0 unspecified atom stereocenters. The van der Waals surface area contributed by atoms with Crippen LogP contribution in [0.3, 0.4) is 0 Å². The number of rotatable bonds is 10. The quantitative estimate of drug-likeness (QED) is 0.133. The second-order valence-corrected chi connectivity index (χ2v) is 8.01. The molecule has 0 aliphatic heterocycles. The van der Waals surface area contributed by atoms with E-state index in [-0.39, 0.29) is 40.8 Å². The first kappa shape index (κ1) is 25.9. The van der Waals surface area contributed by atoms with Crippen LogP contribution in [-0.4, -0.2) is 30.5 Å². The van der Waals surface area contributed by atoms with Gasteiger partial charge in [0, 0.05) is 11.6 Å². The monoisotopic (exact) mass is 507 g/mol. The fourth-order valence-electron chi connectivity index (χ4n) is 3.15. The molecule has 3 rings (SSSR count). The third-order valence-corrected chi connectivity index (χ3v) is 5.64. The maximum Gasteiger partial charge on any atom is 0.341 e. The Morgan fingerprint density at radius 1 is 1.19 bits per heavy atom. The summed E-state index contributed by atoms with van der Waals surface area (Å²) in [5, 5.41) is 25.3. The van der Waals surface area contributed by atoms with Crippen molar-refractivity contribution in [2.75, 3.05) is 19.0 Å². The van der Waals surface area contributed by atoms with E-state index in [0.717, 1.165) is 11.3 Å². The van der Waals surface area contributed by atoms with Gasteiger partial charge in [-0.15, -0.1) is 11.3 Å². The Balaban J connectivity index is 1.82. The van der Waals surface area contributed by atoms with Crippen LogP contribution < -0.4 is 14.8 Å². The lowest BCUT2D eigenvalue weighted by atomic mass is 10.1. The number of methoxy groups -OCH3 is 1. The normalized spacial score (nSPS) is 10.8. The lowest BCUT2D eigenvalue weighted by Crippen LogP contribution is -2.15. The van der Waals surface area contributed by atoms with Crippen molar-refractivity contribution < 1.29 is 28.7 Å². The van der Waals surface area contributed by atoms with Crippen LogP contribution in [0, 0.1) is 21.4 Å². The van der Waals surface area contributed by atoms with Crippen LogP contribution in [-0.2, 0) is 16.1 Å². The van der Waals surface area contributed by atoms with Gasteiger partial charge in [0.25, 0.3) is 5.91 Å². The van der Waals surface area contributed by atoms with Gasteiger partial charge in [0.15, 0.2) is 5.75 Å². The molecule has 1 N–H and O–H groups in total. The van der Waals surface area contributed by atoms with E-state index in [0.29, 0.717) is 16.9 Å². The number of thiophene rings is 1. The topological polar surface area (TPSA) is 141 Å². The highest BCUT2D eigenvalue weighted by atomic mass is 32.1. The molecule has 0 bridgehead atoms.